The minimum Gasteiger partial charge on any atom is -0.506 e. The van der Waals surface area contributed by atoms with Crippen LogP contribution in [-0.4, -0.2) is 24.1 Å². The molecule has 0 unspecified atom stereocenters. The maximum Gasteiger partial charge on any atom is 0.224 e. The van der Waals surface area contributed by atoms with Gasteiger partial charge in [0.25, 0.3) is 0 Å². The Kier molecular flexibility index (Phi) is 6.82. The molecule has 1 aromatic rings. The van der Waals surface area contributed by atoms with Crippen molar-refractivity contribution in [2.75, 3.05) is 18.4 Å². The molecule has 20 heavy (non-hydrogen) atoms. The Morgan fingerprint density at radius 3 is 2.80 bits per heavy atom. The average molecular weight is 299 g/mol. The number of hydrogen-bond acceptors (Lipinski definition) is 3. The fourth-order valence-corrected chi connectivity index (χ4v) is 2.47. The van der Waals surface area contributed by atoms with Crippen LogP contribution in [0, 0.1) is 12.8 Å². The number of halogens is 1. The van der Waals surface area contributed by atoms with Crippen molar-refractivity contribution in [1.82, 2.24) is 5.32 Å². The summed E-state index contributed by atoms with van der Waals surface area (Å²) in [5.41, 5.74) is 1.53. The van der Waals surface area contributed by atoms with Gasteiger partial charge in [-0.05, 0) is 62.9 Å². The molecule has 1 aliphatic heterocycles. The summed E-state index contributed by atoms with van der Waals surface area (Å²) < 4.78 is 0. The molecular weight excluding hydrogens is 276 g/mol. The molecule has 1 saturated heterocycles. The minimum atomic E-state index is -0.0144. The smallest absolute Gasteiger partial charge is 0.224 e. The topological polar surface area (TPSA) is 61.4 Å². The molecule has 0 aliphatic carbocycles. The number of carbonyl (C=O) groups is 1. The molecule has 1 aromatic carbocycles. The molecule has 1 amide bonds. The number of phenols is 1. The zero-order chi connectivity index (χ0) is 13.7. The molecule has 0 radical (unpaired) electrons. The summed E-state index contributed by atoms with van der Waals surface area (Å²) in [5, 5.41) is 15.8. The van der Waals surface area contributed by atoms with Crippen LogP contribution in [0.15, 0.2) is 18.2 Å². The van der Waals surface area contributed by atoms with Crippen molar-refractivity contribution >= 4 is 24.0 Å². The van der Waals surface area contributed by atoms with Crippen molar-refractivity contribution in [2.24, 2.45) is 5.92 Å². The fourth-order valence-electron chi connectivity index (χ4n) is 2.47. The standard InChI is InChI=1S/C15H22N2O2.ClH/c1-11-2-4-14(18)13(10-11)17-15(19)5-3-12-6-8-16-9-7-12;/h2,4,10,12,16,18H,3,5-9H2,1H3,(H,17,19);1H. The van der Waals surface area contributed by atoms with Crippen molar-refractivity contribution in [1.29, 1.82) is 0 Å². The van der Waals surface area contributed by atoms with Gasteiger partial charge in [-0.25, -0.2) is 0 Å². The second-order valence-electron chi connectivity index (χ2n) is 5.30. The van der Waals surface area contributed by atoms with Gasteiger partial charge in [-0.3, -0.25) is 4.79 Å². The van der Waals surface area contributed by atoms with Crippen LogP contribution in [0.4, 0.5) is 5.69 Å². The summed E-state index contributed by atoms with van der Waals surface area (Å²) in [6.45, 7) is 4.06. The van der Waals surface area contributed by atoms with E-state index in [0.29, 0.717) is 18.0 Å². The lowest BCUT2D eigenvalue weighted by molar-refractivity contribution is -0.116. The Balaban J connectivity index is 0.00000200. The Hall–Kier alpha value is -1.26. The number of anilines is 1. The summed E-state index contributed by atoms with van der Waals surface area (Å²) in [6.07, 6.45) is 3.77. The van der Waals surface area contributed by atoms with Crippen LogP contribution in [0.3, 0.4) is 0 Å². The lowest BCUT2D eigenvalue weighted by Gasteiger charge is -2.22. The van der Waals surface area contributed by atoms with Gasteiger partial charge in [-0.2, -0.15) is 0 Å². The van der Waals surface area contributed by atoms with Crippen LogP contribution in [0.1, 0.15) is 31.2 Å². The quantitative estimate of drug-likeness (QED) is 0.749. The molecule has 0 saturated carbocycles. The molecule has 1 aliphatic rings. The SMILES string of the molecule is Cc1ccc(O)c(NC(=O)CCC2CCNCC2)c1.Cl. The number of aryl methyl sites for hydroxylation is 1. The van der Waals surface area contributed by atoms with E-state index in [4.69, 9.17) is 0 Å². The van der Waals surface area contributed by atoms with Gasteiger partial charge < -0.3 is 15.7 Å². The first-order valence-corrected chi connectivity index (χ1v) is 6.95. The highest BCUT2D eigenvalue weighted by Gasteiger charge is 2.15. The van der Waals surface area contributed by atoms with Crippen molar-refractivity contribution in [3.8, 4) is 5.75 Å². The largest absolute Gasteiger partial charge is 0.506 e. The van der Waals surface area contributed by atoms with E-state index in [9.17, 15) is 9.90 Å². The maximum atomic E-state index is 11.9. The molecule has 0 bridgehead atoms. The summed E-state index contributed by atoms with van der Waals surface area (Å²) in [7, 11) is 0. The Bertz CT molecular complexity index is 445. The average Bonchev–Trinajstić information content (AvgIpc) is 2.42. The van der Waals surface area contributed by atoms with Crippen molar-refractivity contribution in [3.05, 3.63) is 23.8 Å². The van der Waals surface area contributed by atoms with Crippen molar-refractivity contribution in [2.45, 2.75) is 32.6 Å². The van der Waals surface area contributed by atoms with Crippen LogP contribution in [-0.2, 0) is 4.79 Å². The number of carbonyl (C=O) groups excluding carboxylic acids is 1. The fraction of sp³-hybridized carbons (Fsp3) is 0.533. The van der Waals surface area contributed by atoms with E-state index in [1.165, 1.54) is 0 Å². The summed E-state index contributed by atoms with van der Waals surface area (Å²) >= 11 is 0. The van der Waals surface area contributed by atoms with Gasteiger partial charge in [0.2, 0.25) is 5.91 Å². The van der Waals surface area contributed by atoms with Gasteiger partial charge in [0, 0.05) is 6.42 Å². The molecule has 3 N–H and O–H groups in total. The van der Waals surface area contributed by atoms with Crippen LogP contribution in [0.5, 0.6) is 5.75 Å². The molecule has 112 valence electrons. The molecule has 4 nitrogen and oxygen atoms in total. The Morgan fingerprint density at radius 1 is 1.40 bits per heavy atom. The van der Waals surface area contributed by atoms with Crippen LogP contribution < -0.4 is 10.6 Å². The number of benzene rings is 1. The van der Waals surface area contributed by atoms with Gasteiger partial charge in [0.15, 0.2) is 0 Å². The van der Waals surface area contributed by atoms with E-state index < -0.39 is 0 Å². The molecule has 5 heteroatoms. The second-order valence-corrected chi connectivity index (χ2v) is 5.30. The molecule has 0 aromatic heterocycles. The van der Waals surface area contributed by atoms with Gasteiger partial charge >= 0.3 is 0 Å². The third-order valence-electron chi connectivity index (χ3n) is 3.66. The highest BCUT2D eigenvalue weighted by atomic mass is 35.5. The first-order valence-electron chi connectivity index (χ1n) is 6.95. The molecule has 0 atom stereocenters. The number of aromatic hydroxyl groups is 1. The minimum absolute atomic E-state index is 0. The highest BCUT2D eigenvalue weighted by Crippen LogP contribution is 2.24. The first-order chi connectivity index (χ1) is 9.15. The normalized spacial score (nSPS) is 15.4. The summed E-state index contributed by atoms with van der Waals surface area (Å²) in [6, 6.07) is 5.22. The lowest BCUT2D eigenvalue weighted by atomic mass is 9.93. The van der Waals surface area contributed by atoms with E-state index in [2.05, 4.69) is 10.6 Å². The number of amides is 1. The number of rotatable bonds is 4. The predicted molar refractivity (Wildman–Crippen MR) is 83.5 cm³/mol. The van der Waals surface area contributed by atoms with Gasteiger partial charge in [0.1, 0.15) is 5.75 Å². The van der Waals surface area contributed by atoms with Crippen LogP contribution >= 0.6 is 12.4 Å². The van der Waals surface area contributed by atoms with Gasteiger partial charge in [0.05, 0.1) is 5.69 Å². The van der Waals surface area contributed by atoms with Crippen LogP contribution in [0.2, 0.25) is 0 Å². The summed E-state index contributed by atoms with van der Waals surface area (Å²) in [5.74, 6) is 0.762. The molecule has 1 fully saturated rings. The van der Waals surface area contributed by atoms with Gasteiger partial charge in [-0.1, -0.05) is 6.07 Å². The molecule has 2 rings (SSSR count). The zero-order valence-corrected chi connectivity index (χ0v) is 12.6. The number of piperidine rings is 1. The lowest BCUT2D eigenvalue weighted by Crippen LogP contribution is -2.28. The highest BCUT2D eigenvalue weighted by molar-refractivity contribution is 5.92. The zero-order valence-electron chi connectivity index (χ0n) is 11.8. The van der Waals surface area contributed by atoms with Crippen molar-refractivity contribution < 1.29 is 9.90 Å². The Morgan fingerprint density at radius 2 is 2.10 bits per heavy atom. The van der Waals surface area contributed by atoms with Crippen molar-refractivity contribution in [3.63, 3.8) is 0 Å². The molecule has 0 spiro atoms. The van der Waals surface area contributed by atoms with Crippen LogP contribution in [0.25, 0.3) is 0 Å². The summed E-state index contributed by atoms with van der Waals surface area (Å²) in [4.78, 5) is 11.9. The van der Waals surface area contributed by atoms with Gasteiger partial charge in [-0.15, -0.1) is 12.4 Å². The van der Waals surface area contributed by atoms with E-state index >= 15 is 0 Å². The maximum absolute atomic E-state index is 11.9. The second kappa shape index (κ2) is 8.12. The number of hydrogen-bond donors (Lipinski definition) is 3. The monoisotopic (exact) mass is 298 g/mol. The van der Waals surface area contributed by atoms with E-state index in [0.717, 1.165) is 37.9 Å². The third kappa shape index (κ3) is 5.02. The molecule has 1 heterocycles. The Labute approximate surface area is 126 Å². The third-order valence-corrected chi connectivity index (χ3v) is 3.66. The molecular formula is C15H23ClN2O2. The van der Waals surface area contributed by atoms with E-state index in [-0.39, 0.29) is 24.1 Å². The van der Waals surface area contributed by atoms with E-state index in [1.807, 2.05) is 13.0 Å². The first kappa shape index (κ1) is 16.8. The number of nitrogens with one attached hydrogen (secondary N) is 2. The predicted octanol–water partition coefficient (Wildman–Crippen LogP) is 2.84. The number of phenolic OH excluding ortho intramolecular Hbond substituents is 1. The van der Waals surface area contributed by atoms with E-state index in [1.54, 1.807) is 12.1 Å².